The Bertz CT molecular complexity index is 1120. The SMILES string of the molecule is Cc1c(N=Cc2cc([N+](=O)[O-])cc(Br)c2[O-])c(=O)n(-c2ccccc2)n1C. The van der Waals surface area contributed by atoms with Crippen molar-refractivity contribution in [2.75, 3.05) is 0 Å². The maximum Gasteiger partial charge on any atom is 0.297 e. The van der Waals surface area contributed by atoms with Gasteiger partial charge < -0.3 is 5.11 Å². The molecule has 8 nitrogen and oxygen atoms in total. The van der Waals surface area contributed by atoms with E-state index in [-0.39, 0.29) is 27.0 Å². The summed E-state index contributed by atoms with van der Waals surface area (Å²) < 4.78 is 3.18. The molecule has 0 bridgehead atoms. The fourth-order valence-electron chi connectivity index (χ4n) is 2.64. The molecule has 0 aliphatic carbocycles. The highest BCUT2D eigenvalue weighted by Gasteiger charge is 2.15. The standard InChI is InChI=1S/C18H15BrN4O4/c1-11-16(18(25)22(21(11)2)13-6-4-3-5-7-13)20-10-12-8-14(23(26)27)9-15(19)17(12)24/h3-10,24H,1-2H3/p-1. The maximum atomic E-state index is 12.8. The largest absolute Gasteiger partial charge is 0.871 e. The third-order valence-electron chi connectivity index (χ3n) is 4.12. The number of hydrogen-bond acceptors (Lipinski definition) is 5. The van der Waals surface area contributed by atoms with Gasteiger partial charge in [-0.2, -0.15) is 0 Å². The van der Waals surface area contributed by atoms with Crippen LogP contribution in [0.15, 0.2) is 56.7 Å². The predicted molar refractivity (Wildman–Crippen MR) is 103 cm³/mol. The molecule has 1 aromatic heterocycles. The first kappa shape index (κ1) is 18.6. The molecular formula is C18H14BrN4O4-. The summed E-state index contributed by atoms with van der Waals surface area (Å²) in [7, 11) is 1.73. The molecule has 0 spiro atoms. The summed E-state index contributed by atoms with van der Waals surface area (Å²) in [5, 5.41) is 23.2. The van der Waals surface area contributed by atoms with Gasteiger partial charge in [0.1, 0.15) is 0 Å². The summed E-state index contributed by atoms with van der Waals surface area (Å²) in [5.41, 5.74) is 0.853. The van der Waals surface area contributed by atoms with E-state index < -0.39 is 10.7 Å². The van der Waals surface area contributed by atoms with Crippen molar-refractivity contribution in [3.63, 3.8) is 0 Å². The zero-order chi connectivity index (χ0) is 19.7. The van der Waals surface area contributed by atoms with Gasteiger partial charge in [0, 0.05) is 29.9 Å². The second-order valence-electron chi connectivity index (χ2n) is 5.77. The minimum absolute atomic E-state index is 0.0185. The molecule has 27 heavy (non-hydrogen) atoms. The number of hydrogen-bond donors (Lipinski definition) is 0. The molecule has 0 radical (unpaired) electrons. The highest BCUT2D eigenvalue weighted by Crippen LogP contribution is 2.30. The summed E-state index contributed by atoms with van der Waals surface area (Å²) in [6, 6.07) is 11.3. The average Bonchev–Trinajstić information content (AvgIpc) is 2.86. The number of nitro groups is 1. The molecule has 0 saturated heterocycles. The van der Waals surface area contributed by atoms with Crippen LogP contribution in [0, 0.1) is 17.0 Å². The fourth-order valence-corrected chi connectivity index (χ4v) is 3.10. The number of nitro benzene ring substituents is 1. The zero-order valence-corrected chi connectivity index (χ0v) is 16.0. The molecule has 0 N–H and O–H groups in total. The van der Waals surface area contributed by atoms with Crippen LogP contribution < -0.4 is 10.7 Å². The summed E-state index contributed by atoms with van der Waals surface area (Å²) in [6.45, 7) is 1.73. The van der Waals surface area contributed by atoms with E-state index >= 15 is 0 Å². The van der Waals surface area contributed by atoms with Gasteiger partial charge in [-0.15, -0.1) is 0 Å². The van der Waals surface area contributed by atoms with Gasteiger partial charge in [0.15, 0.2) is 5.69 Å². The molecular weight excluding hydrogens is 416 g/mol. The van der Waals surface area contributed by atoms with Crippen LogP contribution in [0.5, 0.6) is 5.75 Å². The van der Waals surface area contributed by atoms with Crippen molar-refractivity contribution < 1.29 is 10.0 Å². The van der Waals surface area contributed by atoms with E-state index in [9.17, 15) is 20.0 Å². The van der Waals surface area contributed by atoms with E-state index in [1.807, 2.05) is 18.2 Å². The fraction of sp³-hybridized carbons (Fsp3) is 0.111. The second-order valence-corrected chi connectivity index (χ2v) is 6.63. The Labute approximate surface area is 162 Å². The number of halogens is 1. The zero-order valence-electron chi connectivity index (χ0n) is 14.4. The van der Waals surface area contributed by atoms with Gasteiger partial charge >= 0.3 is 0 Å². The number of rotatable bonds is 4. The van der Waals surface area contributed by atoms with Gasteiger partial charge in [-0.25, -0.2) is 9.67 Å². The van der Waals surface area contributed by atoms with Crippen molar-refractivity contribution in [2.24, 2.45) is 12.0 Å². The number of nitrogens with zero attached hydrogens (tertiary/aromatic N) is 4. The lowest BCUT2D eigenvalue weighted by Gasteiger charge is -2.11. The van der Waals surface area contributed by atoms with Crippen LogP contribution in [0.25, 0.3) is 5.69 Å². The maximum absolute atomic E-state index is 12.8. The lowest BCUT2D eigenvalue weighted by atomic mass is 10.2. The van der Waals surface area contributed by atoms with Crippen LogP contribution in [0.3, 0.4) is 0 Å². The molecule has 1 heterocycles. The van der Waals surface area contributed by atoms with Gasteiger partial charge in [0.05, 0.1) is 16.3 Å². The van der Waals surface area contributed by atoms with E-state index in [0.29, 0.717) is 11.4 Å². The molecule has 3 aromatic rings. The summed E-state index contributed by atoms with van der Waals surface area (Å²) >= 11 is 3.02. The minimum Gasteiger partial charge on any atom is -0.871 e. The molecule has 0 unspecified atom stereocenters. The molecule has 0 amide bonds. The third kappa shape index (κ3) is 3.41. The Morgan fingerprint density at radius 2 is 1.89 bits per heavy atom. The van der Waals surface area contributed by atoms with Crippen LogP contribution >= 0.6 is 15.9 Å². The van der Waals surface area contributed by atoms with Gasteiger partial charge in [-0.1, -0.05) is 39.9 Å². The molecule has 0 aliphatic rings. The van der Waals surface area contributed by atoms with E-state index in [1.165, 1.54) is 10.9 Å². The number of aromatic nitrogens is 2. The van der Waals surface area contributed by atoms with Crippen LogP contribution in [-0.4, -0.2) is 20.5 Å². The van der Waals surface area contributed by atoms with Crippen LogP contribution in [0.4, 0.5) is 11.4 Å². The molecule has 0 aliphatic heterocycles. The Morgan fingerprint density at radius 3 is 2.52 bits per heavy atom. The molecule has 3 rings (SSSR count). The first-order valence-corrected chi connectivity index (χ1v) is 8.63. The lowest BCUT2D eigenvalue weighted by molar-refractivity contribution is -0.385. The Balaban J connectivity index is 2.10. The van der Waals surface area contributed by atoms with Crippen LogP contribution in [0.1, 0.15) is 11.3 Å². The van der Waals surface area contributed by atoms with E-state index in [0.717, 1.165) is 12.1 Å². The van der Waals surface area contributed by atoms with E-state index in [2.05, 4.69) is 20.9 Å². The van der Waals surface area contributed by atoms with Gasteiger partial charge in [-0.3, -0.25) is 19.6 Å². The molecule has 138 valence electrons. The smallest absolute Gasteiger partial charge is 0.297 e. The van der Waals surface area contributed by atoms with Crippen molar-refractivity contribution in [2.45, 2.75) is 6.92 Å². The summed E-state index contributed by atoms with van der Waals surface area (Å²) in [6.07, 6.45) is 1.18. The van der Waals surface area contributed by atoms with Crippen LogP contribution in [-0.2, 0) is 7.05 Å². The van der Waals surface area contributed by atoms with Crippen molar-refractivity contribution >= 4 is 33.5 Å². The molecule has 2 aromatic carbocycles. The van der Waals surface area contributed by atoms with Crippen molar-refractivity contribution in [1.29, 1.82) is 0 Å². The number of aliphatic imine (C=N–C) groups is 1. The summed E-state index contributed by atoms with van der Waals surface area (Å²) in [4.78, 5) is 27.3. The number of benzene rings is 2. The highest BCUT2D eigenvalue weighted by molar-refractivity contribution is 9.10. The second kappa shape index (κ2) is 7.20. The van der Waals surface area contributed by atoms with Gasteiger partial charge in [-0.05, 0) is 24.6 Å². The van der Waals surface area contributed by atoms with Gasteiger partial charge in [0.25, 0.3) is 11.2 Å². The van der Waals surface area contributed by atoms with Crippen molar-refractivity contribution in [3.8, 4) is 11.4 Å². The molecule has 0 fully saturated rings. The molecule has 0 atom stereocenters. The number of non-ortho nitro benzene ring substituents is 1. The first-order valence-electron chi connectivity index (χ1n) is 7.84. The normalized spacial score (nSPS) is 11.2. The quantitative estimate of drug-likeness (QED) is 0.360. The van der Waals surface area contributed by atoms with Crippen molar-refractivity contribution in [3.05, 3.63) is 78.7 Å². The molecule has 0 saturated carbocycles. The average molecular weight is 430 g/mol. The Morgan fingerprint density at radius 1 is 1.22 bits per heavy atom. The van der Waals surface area contributed by atoms with E-state index in [4.69, 9.17) is 0 Å². The topological polar surface area (TPSA) is 105 Å². The number of para-hydroxylation sites is 1. The Kier molecular flexibility index (Phi) is 4.95. The molecule has 9 heteroatoms. The summed E-state index contributed by atoms with van der Waals surface area (Å²) in [5.74, 6) is -0.443. The predicted octanol–water partition coefficient (Wildman–Crippen LogP) is 2.98. The Hall–Kier alpha value is -3.20. The van der Waals surface area contributed by atoms with E-state index in [1.54, 1.807) is 30.8 Å². The third-order valence-corrected chi connectivity index (χ3v) is 4.71. The lowest BCUT2D eigenvalue weighted by Crippen LogP contribution is -2.19. The van der Waals surface area contributed by atoms with Crippen LogP contribution in [0.2, 0.25) is 0 Å². The van der Waals surface area contributed by atoms with Gasteiger partial charge in [0.2, 0.25) is 0 Å². The monoisotopic (exact) mass is 429 g/mol. The minimum atomic E-state index is -0.600. The van der Waals surface area contributed by atoms with Crippen molar-refractivity contribution in [1.82, 2.24) is 9.36 Å². The highest BCUT2D eigenvalue weighted by atomic mass is 79.9. The first-order chi connectivity index (χ1) is 12.8.